The number of aldehydes is 1. The first-order valence-electron chi connectivity index (χ1n) is 5.66. The van der Waals surface area contributed by atoms with Crippen molar-refractivity contribution in [2.75, 3.05) is 0 Å². The predicted molar refractivity (Wildman–Crippen MR) is 73.5 cm³/mol. The minimum absolute atomic E-state index is 0.397. The molecule has 0 bridgehead atoms. The fraction of sp³-hybridized carbons (Fsp3) is 0.500. The van der Waals surface area contributed by atoms with Crippen molar-refractivity contribution in [2.45, 2.75) is 43.9 Å². The number of carbonyl (C=O) groups excluding carboxylic acids is 1. The third-order valence-electron chi connectivity index (χ3n) is 2.44. The second kappa shape index (κ2) is 4.82. The lowest BCUT2D eigenvalue weighted by atomic mass is 10.1. The van der Waals surface area contributed by atoms with Crippen LogP contribution in [0.5, 0.6) is 0 Å². The van der Waals surface area contributed by atoms with Crippen LogP contribution in [-0.4, -0.2) is 20.9 Å². The highest BCUT2D eigenvalue weighted by molar-refractivity contribution is 7.99. The smallest absolute Gasteiger partial charge is 0.195 e. The summed E-state index contributed by atoms with van der Waals surface area (Å²) in [6.07, 6.45) is 0.920. The first kappa shape index (κ1) is 12.6. The summed E-state index contributed by atoms with van der Waals surface area (Å²) in [4.78, 5) is 16.7. The second-order valence-corrected chi connectivity index (χ2v) is 6.92. The van der Waals surface area contributed by atoms with Gasteiger partial charge in [-0.3, -0.25) is 9.20 Å². The Labute approximate surface area is 109 Å². The molecule has 0 aliphatic rings. The van der Waals surface area contributed by atoms with Crippen LogP contribution in [0, 0.1) is 0 Å². The quantitative estimate of drug-likeness (QED) is 0.624. The van der Waals surface area contributed by atoms with Crippen molar-refractivity contribution in [3.8, 4) is 0 Å². The normalized spacial score (nSPS) is 11.9. The zero-order chi connectivity index (χ0) is 12.6. The van der Waals surface area contributed by atoms with E-state index in [-0.39, 0.29) is 0 Å². The molecule has 3 nitrogen and oxygen atoms in total. The fourth-order valence-electron chi connectivity index (χ4n) is 1.69. The number of nitrogens with zero attached hydrogens (tertiary/aromatic N) is 2. The van der Waals surface area contributed by atoms with E-state index in [1.807, 2.05) is 4.40 Å². The Hall–Kier alpha value is -0.810. The average molecular weight is 268 g/mol. The fourth-order valence-corrected chi connectivity index (χ4v) is 3.66. The molecule has 2 aromatic rings. The molecule has 0 saturated heterocycles. The zero-order valence-corrected chi connectivity index (χ0v) is 12.1. The van der Waals surface area contributed by atoms with Crippen molar-refractivity contribution < 1.29 is 4.79 Å². The molecule has 0 aliphatic heterocycles. The highest BCUT2D eigenvalue weighted by Crippen LogP contribution is 2.31. The Kier molecular flexibility index (Phi) is 3.58. The first-order chi connectivity index (χ1) is 8.04. The van der Waals surface area contributed by atoms with Crippen molar-refractivity contribution >= 4 is 34.3 Å². The molecule has 0 saturated carbocycles. The minimum Gasteiger partial charge on any atom is -0.296 e. The van der Waals surface area contributed by atoms with Gasteiger partial charge in [-0.05, 0) is 5.92 Å². The van der Waals surface area contributed by atoms with Crippen LogP contribution in [0.2, 0.25) is 0 Å². The summed E-state index contributed by atoms with van der Waals surface area (Å²) in [6.45, 7) is 8.47. The summed E-state index contributed by atoms with van der Waals surface area (Å²) in [5.74, 6) is 0.397. The number of aromatic nitrogens is 2. The van der Waals surface area contributed by atoms with Crippen LogP contribution in [-0.2, 0) is 0 Å². The Bertz CT molecular complexity index is 540. The average Bonchev–Trinajstić information content (AvgIpc) is 2.74. The van der Waals surface area contributed by atoms with E-state index in [0.29, 0.717) is 16.9 Å². The maximum Gasteiger partial charge on any atom is 0.195 e. The number of carbonyl (C=O) groups is 1. The van der Waals surface area contributed by atoms with Gasteiger partial charge >= 0.3 is 0 Å². The Morgan fingerprint density at radius 3 is 2.65 bits per heavy atom. The Morgan fingerprint density at radius 2 is 2.12 bits per heavy atom. The molecule has 0 atom stereocenters. The number of thioether (sulfide) groups is 1. The Balaban J connectivity index is 2.61. The molecule has 0 fully saturated rings. The van der Waals surface area contributed by atoms with E-state index in [9.17, 15) is 4.79 Å². The van der Waals surface area contributed by atoms with Gasteiger partial charge in [-0.25, -0.2) is 4.98 Å². The predicted octanol–water partition coefficient (Wildman–Crippen LogP) is 3.83. The van der Waals surface area contributed by atoms with Gasteiger partial charge in [0.25, 0.3) is 0 Å². The van der Waals surface area contributed by atoms with E-state index in [1.165, 1.54) is 0 Å². The van der Waals surface area contributed by atoms with Crippen LogP contribution in [0.1, 0.15) is 49.8 Å². The van der Waals surface area contributed by atoms with Crippen molar-refractivity contribution in [1.82, 2.24) is 9.38 Å². The van der Waals surface area contributed by atoms with Crippen LogP contribution < -0.4 is 0 Å². The summed E-state index contributed by atoms with van der Waals surface area (Å²) >= 11 is 3.24. The number of imidazole rings is 1. The number of rotatable bonds is 4. The van der Waals surface area contributed by atoms with E-state index < -0.39 is 0 Å². The molecule has 0 radical (unpaired) electrons. The lowest BCUT2D eigenvalue weighted by Gasteiger charge is -2.05. The number of hydrogen-bond donors (Lipinski definition) is 0. The maximum atomic E-state index is 11.3. The molecule has 2 heterocycles. The summed E-state index contributed by atoms with van der Waals surface area (Å²) in [5, 5.41) is 3.37. The van der Waals surface area contributed by atoms with Crippen molar-refractivity contribution in [1.29, 1.82) is 0 Å². The van der Waals surface area contributed by atoms with Crippen LogP contribution >= 0.6 is 23.1 Å². The van der Waals surface area contributed by atoms with Gasteiger partial charge in [0.15, 0.2) is 11.2 Å². The topological polar surface area (TPSA) is 34.4 Å². The third kappa shape index (κ3) is 2.26. The van der Waals surface area contributed by atoms with Gasteiger partial charge in [0.05, 0.1) is 0 Å². The minimum atomic E-state index is 0.397. The van der Waals surface area contributed by atoms with E-state index in [1.54, 1.807) is 23.1 Å². The molecule has 2 rings (SSSR count). The third-order valence-corrected chi connectivity index (χ3v) is 4.28. The molecular formula is C12H16N2OS2. The van der Waals surface area contributed by atoms with Gasteiger partial charge in [0.2, 0.25) is 0 Å². The van der Waals surface area contributed by atoms with E-state index in [0.717, 1.165) is 22.0 Å². The Morgan fingerprint density at radius 1 is 1.41 bits per heavy atom. The van der Waals surface area contributed by atoms with E-state index in [4.69, 9.17) is 0 Å². The van der Waals surface area contributed by atoms with Gasteiger partial charge in [0, 0.05) is 16.3 Å². The van der Waals surface area contributed by atoms with Crippen LogP contribution in [0.25, 0.3) is 4.96 Å². The molecule has 0 N–H and O–H groups in total. The molecular weight excluding hydrogens is 252 g/mol. The highest BCUT2D eigenvalue weighted by atomic mass is 32.2. The van der Waals surface area contributed by atoms with Crippen LogP contribution in [0.15, 0.2) is 10.4 Å². The van der Waals surface area contributed by atoms with Gasteiger partial charge in [-0.2, -0.15) is 0 Å². The largest absolute Gasteiger partial charge is 0.296 e. The lowest BCUT2D eigenvalue weighted by molar-refractivity contribution is 0.111. The van der Waals surface area contributed by atoms with E-state index in [2.05, 4.69) is 38.1 Å². The zero-order valence-electron chi connectivity index (χ0n) is 10.4. The molecule has 17 heavy (non-hydrogen) atoms. The molecule has 0 aliphatic carbocycles. The monoisotopic (exact) mass is 268 g/mol. The van der Waals surface area contributed by atoms with Gasteiger partial charge in [-0.15, -0.1) is 23.1 Å². The van der Waals surface area contributed by atoms with Crippen molar-refractivity contribution in [3.05, 3.63) is 16.8 Å². The molecule has 0 spiro atoms. The van der Waals surface area contributed by atoms with Crippen LogP contribution in [0.4, 0.5) is 0 Å². The summed E-state index contributed by atoms with van der Waals surface area (Å²) < 4.78 is 1.99. The molecule has 0 aromatic carbocycles. The number of fused-ring (bicyclic) bond motifs is 1. The molecule has 0 unspecified atom stereocenters. The van der Waals surface area contributed by atoms with Crippen molar-refractivity contribution in [2.24, 2.45) is 0 Å². The van der Waals surface area contributed by atoms with Gasteiger partial charge in [0.1, 0.15) is 10.7 Å². The first-order valence-corrected chi connectivity index (χ1v) is 7.42. The summed E-state index contributed by atoms with van der Waals surface area (Å²) in [7, 11) is 0. The SMILES string of the molecule is CC(C)Sc1nc2scc(C(C)C)n2c1C=O. The van der Waals surface area contributed by atoms with Gasteiger partial charge < -0.3 is 0 Å². The lowest BCUT2D eigenvalue weighted by Crippen LogP contribution is -1.99. The summed E-state index contributed by atoms with van der Waals surface area (Å²) in [6, 6.07) is 0. The highest BCUT2D eigenvalue weighted by Gasteiger charge is 2.18. The number of thiazole rings is 1. The standard InChI is InChI=1S/C12H16N2OS2/c1-7(2)10-6-16-12-13-11(17-8(3)4)9(5-15)14(10)12/h5-8H,1-4H3. The summed E-state index contributed by atoms with van der Waals surface area (Å²) in [5.41, 5.74) is 1.86. The number of hydrogen-bond acceptors (Lipinski definition) is 4. The second-order valence-electron chi connectivity index (χ2n) is 4.52. The van der Waals surface area contributed by atoms with E-state index >= 15 is 0 Å². The van der Waals surface area contributed by atoms with Crippen molar-refractivity contribution in [3.63, 3.8) is 0 Å². The molecule has 92 valence electrons. The maximum absolute atomic E-state index is 11.3. The van der Waals surface area contributed by atoms with Gasteiger partial charge in [-0.1, -0.05) is 27.7 Å². The molecule has 5 heteroatoms. The molecule has 2 aromatic heterocycles. The molecule has 0 amide bonds. The van der Waals surface area contributed by atoms with Crippen LogP contribution in [0.3, 0.4) is 0 Å².